The third-order valence-corrected chi connectivity index (χ3v) is 8.12. The van der Waals surface area contributed by atoms with Crippen LogP contribution in [-0.2, 0) is 5.41 Å². The number of hydrogen-bond acceptors (Lipinski definition) is 4. The third kappa shape index (κ3) is 4.84. The van der Waals surface area contributed by atoms with Crippen molar-refractivity contribution in [2.75, 3.05) is 0 Å². The first-order valence-corrected chi connectivity index (χ1v) is 14.7. The lowest BCUT2D eigenvalue weighted by molar-refractivity contribution is 0.0726. The molecule has 0 saturated heterocycles. The van der Waals surface area contributed by atoms with Crippen LogP contribution in [0.4, 0.5) is 0 Å². The summed E-state index contributed by atoms with van der Waals surface area (Å²) in [6.07, 6.45) is 0. The summed E-state index contributed by atoms with van der Waals surface area (Å²) in [6, 6.07) is 40.5. The molecule has 0 unspecified atom stereocenters. The molecule has 0 aromatic heterocycles. The van der Waals surface area contributed by atoms with E-state index in [0.717, 1.165) is 32.5 Å². The molecule has 7 aromatic carbocycles. The lowest BCUT2D eigenvalue weighted by Crippen LogP contribution is -2.15. The Morgan fingerprint density at radius 2 is 0.932 bits per heavy atom. The highest BCUT2D eigenvalue weighted by Crippen LogP contribution is 2.47. The highest BCUT2D eigenvalue weighted by molar-refractivity contribution is 6.15. The molecule has 0 radical (unpaired) electrons. The van der Waals surface area contributed by atoms with Crippen molar-refractivity contribution in [1.82, 2.24) is 0 Å². The van der Waals surface area contributed by atoms with Crippen LogP contribution in [0.15, 0.2) is 127 Å². The number of carbonyl (C=O) groups excluding carboxylic acids is 2. The smallest absolute Gasteiger partial charge is 0.343 e. The number of rotatable bonds is 4. The summed E-state index contributed by atoms with van der Waals surface area (Å²) in [6.45, 7) is 6.35. The molecule has 44 heavy (non-hydrogen) atoms. The maximum Gasteiger partial charge on any atom is 0.343 e. The van der Waals surface area contributed by atoms with Crippen molar-refractivity contribution in [3.05, 3.63) is 144 Å². The van der Waals surface area contributed by atoms with E-state index in [0.29, 0.717) is 38.8 Å². The average Bonchev–Trinajstić information content (AvgIpc) is 3.04. The van der Waals surface area contributed by atoms with Gasteiger partial charge >= 0.3 is 11.9 Å². The van der Waals surface area contributed by atoms with E-state index in [9.17, 15) is 9.59 Å². The number of esters is 2. The first-order chi connectivity index (χ1) is 21.3. The van der Waals surface area contributed by atoms with Crippen LogP contribution in [0.1, 0.15) is 47.1 Å². The molecule has 0 atom stereocenters. The SMILES string of the molecule is CC(C)(C)c1cccc2c(OC(=O)c3ccc4ccccc4c3)c3ccccc3c(OC(=O)c3ccc4ccccc4c3)c12. The average molecular weight is 575 g/mol. The molecule has 214 valence electrons. The molecular formula is C40H30O4. The van der Waals surface area contributed by atoms with Gasteiger partial charge in [0, 0.05) is 21.5 Å². The van der Waals surface area contributed by atoms with Crippen molar-refractivity contribution < 1.29 is 19.1 Å². The Morgan fingerprint density at radius 3 is 1.48 bits per heavy atom. The van der Waals surface area contributed by atoms with Gasteiger partial charge in [-0.1, -0.05) is 124 Å². The van der Waals surface area contributed by atoms with Gasteiger partial charge in [-0.2, -0.15) is 0 Å². The molecule has 4 heteroatoms. The molecule has 0 aliphatic carbocycles. The number of fused-ring (bicyclic) bond motifs is 4. The molecule has 0 saturated carbocycles. The second kappa shape index (κ2) is 10.7. The molecule has 4 nitrogen and oxygen atoms in total. The minimum absolute atomic E-state index is 0.300. The van der Waals surface area contributed by atoms with Crippen LogP contribution < -0.4 is 9.47 Å². The summed E-state index contributed by atoms with van der Waals surface area (Å²) in [5.41, 5.74) is 1.59. The highest BCUT2D eigenvalue weighted by Gasteiger charge is 2.27. The Hall–Kier alpha value is -5.48. The summed E-state index contributed by atoms with van der Waals surface area (Å²) < 4.78 is 12.6. The fourth-order valence-corrected chi connectivity index (χ4v) is 5.92. The largest absolute Gasteiger partial charge is 0.422 e. The zero-order chi connectivity index (χ0) is 30.4. The molecule has 0 spiro atoms. The van der Waals surface area contributed by atoms with Crippen molar-refractivity contribution in [2.24, 2.45) is 0 Å². The van der Waals surface area contributed by atoms with E-state index in [1.54, 1.807) is 12.1 Å². The Balaban J connectivity index is 1.41. The molecule has 7 rings (SSSR count). The first kappa shape index (κ1) is 27.4. The van der Waals surface area contributed by atoms with E-state index in [-0.39, 0.29) is 5.41 Å². The summed E-state index contributed by atoms with van der Waals surface area (Å²) >= 11 is 0. The topological polar surface area (TPSA) is 52.6 Å². The van der Waals surface area contributed by atoms with E-state index in [1.807, 2.05) is 115 Å². The van der Waals surface area contributed by atoms with Crippen molar-refractivity contribution in [2.45, 2.75) is 26.2 Å². The minimum Gasteiger partial charge on any atom is -0.422 e. The van der Waals surface area contributed by atoms with Gasteiger partial charge in [-0.15, -0.1) is 0 Å². The van der Waals surface area contributed by atoms with Gasteiger partial charge in [0.15, 0.2) is 0 Å². The fraction of sp³-hybridized carbons (Fsp3) is 0.100. The fourth-order valence-electron chi connectivity index (χ4n) is 5.92. The van der Waals surface area contributed by atoms with E-state index in [2.05, 4.69) is 20.8 Å². The number of benzene rings is 7. The van der Waals surface area contributed by atoms with Crippen LogP contribution in [0.3, 0.4) is 0 Å². The van der Waals surface area contributed by atoms with Gasteiger partial charge in [0.05, 0.1) is 11.1 Å². The Morgan fingerprint density at radius 1 is 0.477 bits per heavy atom. The molecule has 0 aliphatic heterocycles. The molecule has 0 aliphatic rings. The summed E-state index contributed by atoms with van der Waals surface area (Å²) in [7, 11) is 0. The standard InChI is InChI=1S/C40H30O4/c1-40(2,3)34-18-10-17-33-35(34)37(44-39(42)30-22-20-26-12-5-7-14-28(26)24-30)32-16-9-8-15-31(32)36(33)43-38(41)29-21-19-25-11-4-6-13-27(25)23-29/h4-24H,1-3H3. The van der Waals surface area contributed by atoms with Crippen LogP contribution >= 0.6 is 0 Å². The van der Waals surface area contributed by atoms with E-state index < -0.39 is 11.9 Å². The minimum atomic E-state index is -0.454. The van der Waals surface area contributed by atoms with Gasteiger partial charge in [0.25, 0.3) is 0 Å². The predicted molar refractivity (Wildman–Crippen MR) is 178 cm³/mol. The summed E-state index contributed by atoms with van der Waals surface area (Å²) in [5.74, 6) is -0.0220. The van der Waals surface area contributed by atoms with Crippen molar-refractivity contribution in [1.29, 1.82) is 0 Å². The zero-order valence-corrected chi connectivity index (χ0v) is 24.8. The van der Waals surface area contributed by atoms with Crippen molar-refractivity contribution in [3.63, 3.8) is 0 Å². The van der Waals surface area contributed by atoms with Gasteiger partial charge in [0.2, 0.25) is 0 Å². The molecule has 0 heterocycles. The van der Waals surface area contributed by atoms with Crippen LogP contribution in [0, 0.1) is 0 Å². The van der Waals surface area contributed by atoms with Gasteiger partial charge in [-0.05, 0) is 56.8 Å². The van der Waals surface area contributed by atoms with Crippen molar-refractivity contribution >= 4 is 55.0 Å². The van der Waals surface area contributed by atoms with Crippen LogP contribution in [0.25, 0.3) is 43.1 Å². The highest BCUT2D eigenvalue weighted by atomic mass is 16.5. The maximum absolute atomic E-state index is 13.8. The van der Waals surface area contributed by atoms with Crippen LogP contribution in [0.2, 0.25) is 0 Å². The van der Waals surface area contributed by atoms with Crippen molar-refractivity contribution in [3.8, 4) is 11.5 Å². The summed E-state index contributed by atoms with van der Waals surface area (Å²) in [5, 5.41) is 6.83. The van der Waals surface area contributed by atoms with Gasteiger partial charge in [-0.3, -0.25) is 0 Å². The van der Waals surface area contributed by atoms with Gasteiger partial charge in [-0.25, -0.2) is 9.59 Å². The lowest BCUT2D eigenvalue weighted by atomic mass is 9.82. The maximum atomic E-state index is 13.8. The lowest BCUT2D eigenvalue weighted by Gasteiger charge is -2.25. The van der Waals surface area contributed by atoms with E-state index in [4.69, 9.17) is 9.47 Å². The Kier molecular flexibility index (Phi) is 6.63. The summed E-state index contributed by atoms with van der Waals surface area (Å²) in [4.78, 5) is 27.4. The quantitative estimate of drug-likeness (QED) is 0.119. The Bertz CT molecular complexity index is 2260. The predicted octanol–water partition coefficient (Wildman–Crippen LogP) is 10.0. The number of ether oxygens (including phenoxy) is 2. The van der Waals surface area contributed by atoms with Gasteiger partial charge in [0.1, 0.15) is 11.5 Å². The van der Waals surface area contributed by atoms with Gasteiger partial charge < -0.3 is 9.47 Å². The first-order valence-electron chi connectivity index (χ1n) is 14.7. The normalized spacial score (nSPS) is 11.7. The second-order valence-electron chi connectivity index (χ2n) is 12.1. The third-order valence-electron chi connectivity index (χ3n) is 8.12. The molecule has 0 fully saturated rings. The Labute approximate surface area is 255 Å². The monoisotopic (exact) mass is 574 g/mol. The molecule has 0 amide bonds. The second-order valence-corrected chi connectivity index (χ2v) is 12.1. The molecule has 7 aromatic rings. The molecular weight excluding hydrogens is 544 g/mol. The zero-order valence-electron chi connectivity index (χ0n) is 24.8. The molecule has 0 bridgehead atoms. The number of hydrogen-bond donors (Lipinski definition) is 0. The van der Waals surface area contributed by atoms with E-state index in [1.165, 1.54) is 0 Å². The molecule has 0 N–H and O–H groups in total. The van der Waals surface area contributed by atoms with E-state index >= 15 is 0 Å². The van der Waals surface area contributed by atoms with Crippen LogP contribution in [-0.4, -0.2) is 11.9 Å². The number of carbonyl (C=O) groups is 2. The van der Waals surface area contributed by atoms with Crippen LogP contribution in [0.5, 0.6) is 11.5 Å².